The molecule has 14 heteroatoms. The van der Waals surface area contributed by atoms with E-state index >= 15 is 0 Å². The van der Waals surface area contributed by atoms with Crippen LogP contribution in [0.2, 0.25) is 0 Å². The molecule has 2 aliphatic heterocycles. The minimum atomic E-state index is -3.79. The van der Waals surface area contributed by atoms with Gasteiger partial charge in [-0.2, -0.15) is 9.61 Å². The maximum atomic E-state index is 14.3. The number of hydrogen-bond acceptors (Lipinski definition) is 9. The molecular formula is C29H28FN9O3S. The van der Waals surface area contributed by atoms with Crippen molar-refractivity contribution in [2.45, 2.75) is 55.5 Å². The number of amides is 1. The second-order valence-electron chi connectivity index (χ2n) is 11.2. The Morgan fingerprint density at radius 2 is 1.79 bits per heavy atom. The predicted molar refractivity (Wildman–Crippen MR) is 155 cm³/mol. The monoisotopic (exact) mass is 601 g/mol. The summed E-state index contributed by atoms with van der Waals surface area (Å²) >= 11 is 0. The van der Waals surface area contributed by atoms with E-state index in [-0.39, 0.29) is 46.3 Å². The number of nitrogens with one attached hydrogen (secondary N) is 1. The molecule has 43 heavy (non-hydrogen) atoms. The van der Waals surface area contributed by atoms with E-state index in [1.807, 2.05) is 4.90 Å². The molecule has 1 aromatic carbocycles. The molecule has 220 valence electrons. The van der Waals surface area contributed by atoms with Crippen molar-refractivity contribution in [2.75, 3.05) is 12.0 Å². The minimum absolute atomic E-state index is 0.0207. The number of anilines is 1. The molecular weight excluding hydrogens is 573 g/mol. The molecule has 3 atom stereocenters. The van der Waals surface area contributed by atoms with Crippen molar-refractivity contribution in [2.24, 2.45) is 0 Å². The summed E-state index contributed by atoms with van der Waals surface area (Å²) in [6.07, 6.45) is 6.94. The van der Waals surface area contributed by atoms with Crippen LogP contribution in [0.5, 0.6) is 0 Å². The van der Waals surface area contributed by atoms with Crippen LogP contribution in [0.1, 0.15) is 53.7 Å². The van der Waals surface area contributed by atoms with Crippen molar-refractivity contribution < 1.29 is 17.6 Å². The number of carbonyl (C=O) groups excluding carboxylic acids is 1. The van der Waals surface area contributed by atoms with Crippen molar-refractivity contribution in [3.05, 3.63) is 72.0 Å². The Kier molecular flexibility index (Phi) is 6.27. The molecule has 0 radical (unpaired) electrons. The Balaban J connectivity index is 1.28. The predicted octanol–water partition coefficient (Wildman–Crippen LogP) is 3.56. The van der Waals surface area contributed by atoms with E-state index in [4.69, 9.17) is 10.7 Å². The highest BCUT2D eigenvalue weighted by atomic mass is 32.2. The number of H-pyrrole nitrogens is 1. The van der Waals surface area contributed by atoms with Crippen LogP contribution >= 0.6 is 0 Å². The molecule has 1 amide bonds. The number of sulfone groups is 1. The van der Waals surface area contributed by atoms with Gasteiger partial charge in [-0.1, -0.05) is 18.2 Å². The molecule has 0 unspecified atom stereocenters. The summed E-state index contributed by atoms with van der Waals surface area (Å²) in [7, 11) is -3.79. The van der Waals surface area contributed by atoms with Gasteiger partial charge >= 0.3 is 0 Å². The first-order chi connectivity index (χ1) is 20.6. The van der Waals surface area contributed by atoms with Gasteiger partial charge in [-0.25, -0.2) is 17.8 Å². The number of aromatic nitrogens is 7. The molecule has 0 saturated carbocycles. The zero-order valence-electron chi connectivity index (χ0n) is 23.4. The lowest BCUT2D eigenvalue weighted by molar-refractivity contribution is 0.0556. The van der Waals surface area contributed by atoms with Gasteiger partial charge in [0.25, 0.3) is 5.91 Å². The van der Waals surface area contributed by atoms with Gasteiger partial charge in [0.2, 0.25) is 5.82 Å². The van der Waals surface area contributed by atoms with E-state index in [1.165, 1.54) is 10.6 Å². The largest absolute Gasteiger partial charge is 0.382 e. The average Bonchev–Trinajstić information content (AvgIpc) is 3.68. The smallest absolute Gasteiger partial charge is 0.292 e. The molecule has 12 nitrogen and oxygen atoms in total. The number of nitrogen functional groups attached to an aromatic ring is 1. The van der Waals surface area contributed by atoms with Gasteiger partial charge in [0.05, 0.1) is 17.6 Å². The lowest BCUT2D eigenvalue weighted by Gasteiger charge is -2.38. The molecule has 7 rings (SSSR count). The van der Waals surface area contributed by atoms with Gasteiger partial charge in [-0.3, -0.25) is 9.78 Å². The van der Waals surface area contributed by atoms with E-state index < -0.39 is 9.84 Å². The molecule has 5 aromatic rings. The number of carbonyl (C=O) groups is 1. The van der Waals surface area contributed by atoms with E-state index in [0.29, 0.717) is 52.4 Å². The quantitative estimate of drug-likeness (QED) is 0.306. The Morgan fingerprint density at radius 1 is 1.05 bits per heavy atom. The number of piperidine rings is 1. The first-order valence-corrected chi connectivity index (χ1v) is 15.8. The highest BCUT2D eigenvalue weighted by molar-refractivity contribution is 7.91. The number of benzene rings is 1. The zero-order chi connectivity index (χ0) is 30.0. The van der Waals surface area contributed by atoms with Crippen LogP contribution in [0.4, 0.5) is 10.2 Å². The third-order valence-electron chi connectivity index (χ3n) is 8.41. The SMILES string of the molecule is Cc1nnc(C(=O)N2[C@@H]3CC[C@H]2C[C@H](c2nc4c(-c5ccc(-c6ccccc6F)nc5)cnn4c(N)c2S(C)(=O)=O)C3)[nH]1. The van der Waals surface area contributed by atoms with Crippen molar-refractivity contribution in [3.63, 3.8) is 0 Å². The minimum Gasteiger partial charge on any atom is -0.382 e. The molecule has 0 spiro atoms. The number of halogens is 1. The first kappa shape index (κ1) is 27.1. The highest BCUT2D eigenvalue weighted by Crippen LogP contribution is 2.45. The fourth-order valence-electron chi connectivity index (χ4n) is 6.56. The van der Waals surface area contributed by atoms with Gasteiger partial charge < -0.3 is 15.6 Å². The van der Waals surface area contributed by atoms with E-state index in [1.54, 1.807) is 49.6 Å². The first-order valence-electron chi connectivity index (χ1n) is 13.9. The maximum Gasteiger partial charge on any atom is 0.292 e. The van der Waals surface area contributed by atoms with E-state index in [9.17, 15) is 17.6 Å². The van der Waals surface area contributed by atoms with Crippen LogP contribution in [0.3, 0.4) is 0 Å². The van der Waals surface area contributed by atoms with Crippen LogP contribution in [-0.2, 0) is 9.84 Å². The number of rotatable bonds is 5. The summed E-state index contributed by atoms with van der Waals surface area (Å²) in [6.45, 7) is 1.74. The lowest BCUT2D eigenvalue weighted by Crippen LogP contribution is -2.46. The summed E-state index contributed by atoms with van der Waals surface area (Å²) < 4.78 is 41.8. The van der Waals surface area contributed by atoms with Crippen LogP contribution in [0, 0.1) is 12.7 Å². The van der Waals surface area contributed by atoms with Crippen LogP contribution < -0.4 is 5.73 Å². The summed E-state index contributed by atoms with van der Waals surface area (Å²) in [5.41, 5.74) is 9.41. The normalized spacial score (nSPS) is 20.2. The fraction of sp³-hybridized carbons (Fsp3) is 0.310. The number of nitrogens with zero attached hydrogens (tertiary/aromatic N) is 7. The molecule has 0 aliphatic carbocycles. The van der Waals surface area contributed by atoms with Gasteiger partial charge in [-0.05, 0) is 50.8 Å². The van der Waals surface area contributed by atoms with Gasteiger partial charge in [0.1, 0.15) is 22.4 Å². The van der Waals surface area contributed by atoms with Gasteiger partial charge in [0, 0.05) is 47.1 Å². The Labute approximate surface area is 246 Å². The lowest BCUT2D eigenvalue weighted by atomic mass is 9.87. The van der Waals surface area contributed by atoms with Crippen LogP contribution in [0.15, 0.2) is 53.7 Å². The number of aryl methyl sites for hydroxylation is 1. The molecule has 4 aromatic heterocycles. The summed E-state index contributed by atoms with van der Waals surface area (Å²) in [4.78, 5) is 27.4. The van der Waals surface area contributed by atoms with Gasteiger partial charge in [-0.15, -0.1) is 10.2 Å². The number of nitrogens with two attached hydrogens (primary N) is 1. The van der Waals surface area contributed by atoms with Crippen LogP contribution in [-0.4, -0.2) is 72.3 Å². The van der Waals surface area contributed by atoms with Crippen molar-refractivity contribution >= 4 is 27.2 Å². The number of fused-ring (bicyclic) bond motifs is 3. The standard InChI is InChI=1S/C29H28FN9O3S/c1-15-34-27(37-36-15)29(40)38-18-8-9-19(38)12-17(11-18)24-25(43(2,41)42)26(31)39-28(35-24)21(14-33-39)16-7-10-23(32-13-16)20-5-3-4-6-22(20)30/h3-7,10,13-14,17-19H,8-9,11-12,31H2,1-2H3,(H,34,36,37)/t17-,18-,19+. The molecule has 2 saturated heterocycles. The molecule has 3 N–H and O–H groups in total. The summed E-state index contributed by atoms with van der Waals surface area (Å²) in [5.74, 6) is -0.0879. The molecule has 6 heterocycles. The summed E-state index contributed by atoms with van der Waals surface area (Å²) in [6, 6.07) is 9.71. The van der Waals surface area contributed by atoms with Crippen molar-refractivity contribution in [1.29, 1.82) is 0 Å². The fourth-order valence-corrected chi connectivity index (χ4v) is 7.62. The van der Waals surface area contributed by atoms with E-state index in [2.05, 4.69) is 25.3 Å². The third-order valence-corrected chi connectivity index (χ3v) is 9.57. The average molecular weight is 602 g/mol. The third kappa shape index (κ3) is 4.52. The topological polar surface area (TPSA) is 165 Å². The Hall–Kier alpha value is -4.72. The van der Waals surface area contributed by atoms with Crippen molar-refractivity contribution in [1.82, 2.24) is 39.7 Å². The molecule has 2 fully saturated rings. The van der Waals surface area contributed by atoms with E-state index in [0.717, 1.165) is 19.1 Å². The van der Waals surface area contributed by atoms with Crippen molar-refractivity contribution in [3.8, 4) is 22.4 Å². The van der Waals surface area contributed by atoms with Gasteiger partial charge in [0.15, 0.2) is 15.5 Å². The second-order valence-corrected chi connectivity index (χ2v) is 13.2. The molecule has 2 aliphatic rings. The zero-order valence-corrected chi connectivity index (χ0v) is 24.2. The Morgan fingerprint density at radius 3 is 2.42 bits per heavy atom. The van der Waals surface area contributed by atoms with Crippen LogP contribution in [0.25, 0.3) is 28.0 Å². The number of pyridine rings is 1. The molecule has 2 bridgehead atoms. The summed E-state index contributed by atoms with van der Waals surface area (Å²) in [5, 5.41) is 12.3. The maximum absolute atomic E-state index is 14.3. The number of aromatic amines is 1. The highest BCUT2D eigenvalue weighted by Gasteiger charge is 2.46. The number of hydrogen-bond donors (Lipinski definition) is 2. The Bertz CT molecular complexity index is 1990. The second kappa shape index (κ2) is 9.93.